The van der Waals surface area contributed by atoms with Gasteiger partial charge in [0.15, 0.2) is 0 Å². The van der Waals surface area contributed by atoms with Gasteiger partial charge in [-0.05, 0) is 6.07 Å². The van der Waals surface area contributed by atoms with Crippen molar-refractivity contribution in [1.82, 2.24) is 0 Å². The third-order valence-electron chi connectivity index (χ3n) is 1.95. The molecular weight excluding hydrogens is 203 g/mol. The van der Waals surface area contributed by atoms with Gasteiger partial charge in [-0.3, -0.25) is 4.79 Å². The van der Waals surface area contributed by atoms with Gasteiger partial charge in [-0.15, -0.1) is 0 Å². The smallest absolute Gasteiger partial charge is 0.314 e. The molecule has 1 rings (SSSR count). The first-order chi connectivity index (χ1) is 6.70. The quantitative estimate of drug-likeness (QED) is 0.615. The van der Waals surface area contributed by atoms with Crippen LogP contribution in [0.1, 0.15) is 11.5 Å². The number of ether oxygens (including phenoxy) is 1. The van der Waals surface area contributed by atoms with E-state index in [1.165, 1.54) is 13.2 Å². The van der Waals surface area contributed by atoms with Crippen molar-refractivity contribution in [2.24, 2.45) is 0 Å². The monoisotopic (exact) mass is 214 g/mol. The first-order valence-electron chi connectivity index (χ1n) is 4.13. The van der Waals surface area contributed by atoms with E-state index in [-0.39, 0.29) is 5.75 Å². The molecule has 0 saturated carbocycles. The largest absolute Gasteiger partial charge is 0.469 e. The molecule has 0 fully saturated rings. The fraction of sp³-hybridized carbons (Fsp3) is 0.300. The maximum atomic E-state index is 13.3. The molecule has 0 bridgehead atoms. The second kappa shape index (κ2) is 5.00. The van der Waals surface area contributed by atoms with E-state index in [2.05, 4.69) is 17.4 Å². The summed E-state index contributed by atoms with van der Waals surface area (Å²) >= 11 is 4.00. The Balaban J connectivity index is 3.01. The molecule has 2 nitrogen and oxygen atoms in total. The van der Waals surface area contributed by atoms with Crippen molar-refractivity contribution in [3.8, 4) is 0 Å². The van der Waals surface area contributed by atoms with Crippen LogP contribution in [0.3, 0.4) is 0 Å². The molecule has 1 aromatic rings. The van der Waals surface area contributed by atoms with Gasteiger partial charge in [-0.25, -0.2) is 4.39 Å². The summed E-state index contributed by atoms with van der Waals surface area (Å²) in [4.78, 5) is 11.3. The Bertz CT molecular complexity index is 328. The van der Waals surface area contributed by atoms with Gasteiger partial charge in [-0.1, -0.05) is 18.2 Å². The lowest BCUT2D eigenvalue weighted by Crippen LogP contribution is -2.17. The zero-order chi connectivity index (χ0) is 10.6. The first-order valence-corrected chi connectivity index (χ1v) is 4.77. The second-order valence-electron chi connectivity index (χ2n) is 2.78. The Kier molecular flexibility index (Phi) is 3.95. The molecule has 0 heterocycles. The highest BCUT2D eigenvalue weighted by atomic mass is 32.1. The molecule has 0 aliphatic carbocycles. The highest BCUT2D eigenvalue weighted by molar-refractivity contribution is 7.80. The van der Waals surface area contributed by atoms with E-state index in [1.54, 1.807) is 18.2 Å². The van der Waals surface area contributed by atoms with Crippen molar-refractivity contribution < 1.29 is 13.9 Å². The lowest BCUT2D eigenvalue weighted by Gasteiger charge is -2.12. The van der Waals surface area contributed by atoms with E-state index in [0.29, 0.717) is 5.56 Å². The summed E-state index contributed by atoms with van der Waals surface area (Å²) in [7, 11) is 1.28. The van der Waals surface area contributed by atoms with Crippen LogP contribution in [0.15, 0.2) is 24.3 Å². The van der Waals surface area contributed by atoms with Crippen LogP contribution in [-0.2, 0) is 9.53 Å². The summed E-state index contributed by atoms with van der Waals surface area (Å²) in [5.74, 6) is -1.28. The van der Waals surface area contributed by atoms with Gasteiger partial charge in [0, 0.05) is 11.3 Å². The van der Waals surface area contributed by atoms with Crippen LogP contribution in [0.25, 0.3) is 0 Å². The number of halogens is 1. The zero-order valence-electron chi connectivity index (χ0n) is 7.74. The van der Waals surface area contributed by atoms with Crippen LogP contribution in [0.4, 0.5) is 4.39 Å². The molecule has 14 heavy (non-hydrogen) atoms. The molecular formula is C10H11FO2S. The van der Waals surface area contributed by atoms with E-state index in [4.69, 9.17) is 0 Å². The van der Waals surface area contributed by atoms with Gasteiger partial charge >= 0.3 is 5.97 Å². The molecule has 0 aliphatic rings. The van der Waals surface area contributed by atoms with E-state index in [9.17, 15) is 9.18 Å². The number of hydrogen-bond donors (Lipinski definition) is 1. The third kappa shape index (κ3) is 2.26. The highest BCUT2D eigenvalue weighted by Gasteiger charge is 2.22. The fourth-order valence-electron chi connectivity index (χ4n) is 1.20. The molecule has 0 saturated heterocycles. The summed E-state index contributed by atoms with van der Waals surface area (Å²) in [6.07, 6.45) is 0. The minimum Gasteiger partial charge on any atom is -0.469 e. The molecule has 0 N–H and O–H groups in total. The van der Waals surface area contributed by atoms with Gasteiger partial charge in [0.05, 0.1) is 13.0 Å². The Morgan fingerprint density at radius 2 is 2.21 bits per heavy atom. The molecule has 4 heteroatoms. The summed E-state index contributed by atoms with van der Waals surface area (Å²) in [6, 6.07) is 6.13. The number of methoxy groups -OCH3 is 1. The number of carbonyl (C=O) groups is 1. The number of hydrogen-bond acceptors (Lipinski definition) is 3. The van der Waals surface area contributed by atoms with Crippen molar-refractivity contribution in [2.75, 3.05) is 12.9 Å². The molecule has 0 amide bonds. The van der Waals surface area contributed by atoms with Crippen LogP contribution < -0.4 is 0 Å². The van der Waals surface area contributed by atoms with Gasteiger partial charge in [0.2, 0.25) is 0 Å². The molecule has 0 aliphatic heterocycles. The van der Waals surface area contributed by atoms with Crippen LogP contribution in [0.2, 0.25) is 0 Å². The van der Waals surface area contributed by atoms with Gasteiger partial charge in [-0.2, -0.15) is 12.6 Å². The molecule has 1 atom stereocenters. The average molecular weight is 214 g/mol. The number of carbonyl (C=O) groups excluding carboxylic acids is 1. The average Bonchev–Trinajstić information content (AvgIpc) is 2.21. The maximum absolute atomic E-state index is 13.3. The first kappa shape index (κ1) is 11.0. The van der Waals surface area contributed by atoms with Gasteiger partial charge in [0.25, 0.3) is 0 Å². The number of thiol groups is 1. The van der Waals surface area contributed by atoms with Gasteiger partial charge < -0.3 is 4.74 Å². The third-order valence-corrected chi connectivity index (χ3v) is 2.31. The van der Waals surface area contributed by atoms with Crippen LogP contribution >= 0.6 is 12.6 Å². The normalized spacial score (nSPS) is 12.2. The SMILES string of the molecule is COC(=O)C(CS)c1ccccc1F. The summed E-state index contributed by atoms with van der Waals surface area (Å²) in [5.41, 5.74) is 0.328. The van der Waals surface area contributed by atoms with Crippen molar-refractivity contribution in [3.63, 3.8) is 0 Å². The number of benzene rings is 1. The molecule has 1 unspecified atom stereocenters. The molecule has 0 aromatic heterocycles. The lowest BCUT2D eigenvalue weighted by atomic mass is 10.0. The summed E-state index contributed by atoms with van der Waals surface area (Å²) in [5, 5.41) is 0. The topological polar surface area (TPSA) is 26.3 Å². The van der Waals surface area contributed by atoms with Crippen LogP contribution in [0.5, 0.6) is 0 Å². The Hall–Kier alpha value is -1.03. The van der Waals surface area contributed by atoms with Crippen LogP contribution in [0, 0.1) is 5.82 Å². The lowest BCUT2D eigenvalue weighted by molar-refractivity contribution is -0.141. The van der Waals surface area contributed by atoms with E-state index >= 15 is 0 Å². The Morgan fingerprint density at radius 1 is 1.57 bits per heavy atom. The van der Waals surface area contributed by atoms with E-state index < -0.39 is 17.7 Å². The van der Waals surface area contributed by atoms with Crippen molar-refractivity contribution in [1.29, 1.82) is 0 Å². The molecule has 0 spiro atoms. The maximum Gasteiger partial charge on any atom is 0.314 e. The number of esters is 1. The van der Waals surface area contributed by atoms with Crippen LogP contribution in [-0.4, -0.2) is 18.8 Å². The Morgan fingerprint density at radius 3 is 2.71 bits per heavy atom. The zero-order valence-corrected chi connectivity index (χ0v) is 8.63. The van der Waals surface area contributed by atoms with Crippen molar-refractivity contribution >= 4 is 18.6 Å². The minimum absolute atomic E-state index is 0.230. The predicted molar refractivity (Wildman–Crippen MR) is 55.0 cm³/mol. The second-order valence-corrected chi connectivity index (χ2v) is 3.14. The van der Waals surface area contributed by atoms with E-state index in [0.717, 1.165) is 0 Å². The summed E-state index contributed by atoms with van der Waals surface area (Å²) < 4.78 is 17.8. The van der Waals surface area contributed by atoms with Crippen molar-refractivity contribution in [3.05, 3.63) is 35.6 Å². The molecule has 76 valence electrons. The van der Waals surface area contributed by atoms with E-state index in [1.807, 2.05) is 0 Å². The van der Waals surface area contributed by atoms with Gasteiger partial charge in [0.1, 0.15) is 5.82 Å². The van der Waals surface area contributed by atoms with Crippen molar-refractivity contribution in [2.45, 2.75) is 5.92 Å². The minimum atomic E-state index is -0.635. The standard InChI is InChI=1S/C10H11FO2S/c1-13-10(12)8(6-14)7-4-2-3-5-9(7)11/h2-5,8,14H,6H2,1H3. The predicted octanol–water partition coefficient (Wildman–Crippen LogP) is 2.01. The number of rotatable bonds is 3. The fourth-order valence-corrected chi connectivity index (χ4v) is 1.55. The highest BCUT2D eigenvalue weighted by Crippen LogP contribution is 2.21. The summed E-state index contributed by atoms with van der Waals surface area (Å²) in [6.45, 7) is 0. The Labute approximate surface area is 87.5 Å². The molecule has 1 aromatic carbocycles. The molecule has 0 radical (unpaired) electrons.